The Hall–Kier alpha value is -1.36. The van der Waals surface area contributed by atoms with E-state index in [2.05, 4.69) is 16.5 Å². The van der Waals surface area contributed by atoms with Gasteiger partial charge in [-0.2, -0.15) is 8.42 Å². The van der Waals surface area contributed by atoms with Crippen molar-refractivity contribution in [3.05, 3.63) is 35.4 Å². The molecule has 0 bridgehead atoms. The van der Waals surface area contributed by atoms with Crippen molar-refractivity contribution in [2.45, 2.75) is 6.42 Å². The summed E-state index contributed by atoms with van der Waals surface area (Å²) in [4.78, 5) is 6.56. The molecule has 12 heavy (non-hydrogen) atoms. The number of allylic oxidation sites excluding steroid dienone is 1. The van der Waals surface area contributed by atoms with Gasteiger partial charge in [-0.15, -0.1) is 6.58 Å². The third-order valence-corrected chi connectivity index (χ3v) is 1.84. The van der Waals surface area contributed by atoms with E-state index in [0.29, 0.717) is 12.2 Å². The number of hydrogen-bond acceptors (Lipinski definition) is 3. The van der Waals surface area contributed by atoms with Crippen LogP contribution < -0.4 is 0 Å². The normalized spacial score (nSPS) is 9.33. The molecule has 0 radical (unpaired) electrons. The molecule has 64 valence electrons. The first kappa shape index (κ1) is 8.73. The molecule has 0 saturated carbocycles. The van der Waals surface area contributed by atoms with Gasteiger partial charge >= 0.3 is 0 Å². The minimum absolute atomic E-state index is 0.141. The number of hydrogen-bond donors (Lipinski definition) is 1. The summed E-state index contributed by atoms with van der Waals surface area (Å²) in [5.74, 6) is 0.590. The zero-order valence-corrected chi connectivity index (χ0v) is 7.13. The van der Waals surface area contributed by atoms with Crippen molar-refractivity contribution in [3.8, 4) is 0 Å². The van der Waals surface area contributed by atoms with Gasteiger partial charge in [0.15, 0.2) is 4.64 Å². The maximum absolute atomic E-state index is 10.5. The summed E-state index contributed by atoms with van der Waals surface area (Å²) in [5, 5.41) is 0. The SMILES string of the molecule is C=CCc1nccc(=S(=O)=O)[nH]1. The van der Waals surface area contributed by atoms with Crippen LogP contribution >= 0.6 is 0 Å². The smallest absolute Gasteiger partial charge is 0.238 e. The standard InChI is InChI=1S/C7H8N2O2S/c1-2-3-6-8-5-4-7(9-6)12(10)11/h2,4-5H,1,3H2,(H,8,9). The molecule has 5 heteroatoms. The summed E-state index contributed by atoms with van der Waals surface area (Å²) in [6, 6.07) is 1.40. The highest BCUT2D eigenvalue weighted by Gasteiger charge is 1.89. The third kappa shape index (κ3) is 2.06. The maximum Gasteiger partial charge on any atom is 0.238 e. The van der Waals surface area contributed by atoms with Crippen molar-refractivity contribution in [1.29, 1.82) is 0 Å². The lowest BCUT2D eigenvalue weighted by atomic mass is 10.4. The van der Waals surface area contributed by atoms with E-state index in [0.717, 1.165) is 0 Å². The Morgan fingerprint density at radius 3 is 3.00 bits per heavy atom. The van der Waals surface area contributed by atoms with E-state index < -0.39 is 10.3 Å². The highest BCUT2D eigenvalue weighted by molar-refractivity contribution is 7.63. The van der Waals surface area contributed by atoms with E-state index in [4.69, 9.17) is 0 Å². The summed E-state index contributed by atoms with van der Waals surface area (Å²) in [6.45, 7) is 3.52. The van der Waals surface area contributed by atoms with Crippen LogP contribution in [0.5, 0.6) is 0 Å². The molecule has 1 rings (SSSR count). The number of nitrogens with zero attached hydrogens (tertiary/aromatic N) is 1. The van der Waals surface area contributed by atoms with E-state index >= 15 is 0 Å². The van der Waals surface area contributed by atoms with Crippen LogP contribution in [0.1, 0.15) is 5.82 Å². The van der Waals surface area contributed by atoms with Gasteiger partial charge in [0.25, 0.3) is 0 Å². The lowest BCUT2D eigenvalue weighted by Crippen LogP contribution is -1.92. The minimum Gasteiger partial charge on any atom is -0.331 e. The molecule has 1 heterocycles. The second-order valence-electron chi connectivity index (χ2n) is 2.11. The Kier molecular flexibility index (Phi) is 2.82. The van der Waals surface area contributed by atoms with Crippen LogP contribution in [0.15, 0.2) is 24.9 Å². The summed E-state index contributed by atoms with van der Waals surface area (Å²) in [5.41, 5.74) is 0. The lowest BCUT2D eigenvalue weighted by molar-refractivity contribution is 0.624. The molecule has 1 aromatic heterocycles. The molecule has 0 aliphatic heterocycles. The van der Waals surface area contributed by atoms with E-state index in [1.54, 1.807) is 6.08 Å². The molecule has 1 N–H and O–H groups in total. The molecule has 0 fully saturated rings. The summed E-state index contributed by atoms with van der Waals surface area (Å²) < 4.78 is 21.1. The molecular weight excluding hydrogens is 176 g/mol. The fourth-order valence-corrected chi connectivity index (χ4v) is 1.12. The molecule has 4 nitrogen and oxygen atoms in total. The topological polar surface area (TPSA) is 62.8 Å². The Morgan fingerprint density at radius 1 is 1.67 bits per heavy atom. The third-order valence-electron chi connectivity index (χ3n) is 1.24. The molecule has 1 aromatic rings. The van der Waals surface area contributed by atoms with Crippen LogP contribution in [0.2, 0.25) is 0 Å². The average Bonchev–Trinajstić information content (AvgIpc) is 2.05. The maximum atomic E-state index is 10.5. The zero-order chi connectivity index (χ0) is 8.97. The average molecular weight is 184 g/mol. The van der Waals surface area contributed by atoms with Crippen molar-refractivity contribution >= 4 is 10.3 Å². The predicted octanol–water partition coefficient (Wildman–Crippen LogP) is 0.549. The van der Waals surface area contributed by atoms with Gasteiger partial charge in [0.2, 0.25) is 10.3 Å². The Balaban J connectivity index is 3.32. The molecule has 0 saturated heterocycles. The van der Waals surface area contributed by atoms with Gasteiger partial charge in [-0.3, -0.25) is 0 Å². The number of H-pyrrole nitrogens is 1. The molecule has 0 amide bonds. The van der Waals surface area contributed by atoms with Gasteiger partial charge in [0, 0.05) is 12.6 Å². The number of aromatic nitrogens is 2. The van der Waals surface area contributed by atoms with Crippen LogP contribution in [-0.2, 0) is 16.7 Å². The highest BCUT2D eigenvalue weighted by atomic mass is 32.2. The Labute approximate surface area is 71.1 Å². The summed E-state index contributed by atoms with van der Waals surface area (Å²) in [6.07, 6.45) is 3.63. The van der Waals surface area contributed by atoms with Gasteiger partial charge in [-0.05, 0) is 6.07 Å². The summed E-state index contributed by atoms with van der Waals surface area (Å²) in [7, 11) is -2.22. The van der Waals surface area contributed by atoms with E-state index in [1.807, 2.05) is 0 Å². The van der Waals surface area contributed by atoms with Crippen molar-refractivity contribution < 1.29 is 8.42 Å². The van der Waals surface area contributed by atoms with E-state index in [-0.39, 0.29) is 4.64 Å². The van der Waals surface area contributed by atoms with Crippen LogP contribution in [0.3, 0.4) is 0 Å². The second kappa shape index (κ2) is 3.87. The monoisotopic (exact) mass is 184 g/mol. The minimum atomic E-state index is -2.22. The highest BCUT2D eigenvalue weighted by Crippen LogP contribution is 1.90. The Morgan fingerprint density at radius 2 is 2.42 bits per heavy atom. The first-order chi connectivity index (χ1) is 5.74. The number of aromatic amines is 1. The molecule has 0 unspecified atom stereocenters. The van der Waals surface area contributed by atoms with Gasteiger partial charge in [0.05, 0.1) is 0 Å². The molecule has 0 atom stereocenters. The fraction of sp³-hybridized carbons (Fsp3) is 0.143. The van der Waals surface area contributed by atoms with Crippen molar-refractivity contribution in [2.75, 3.05) is 0 Å². The zero-order valence-electron chi connectivity index (χ0n) is 6.32. The fourth-order valence-electron chi connectivity index (χ4n) is 0.749. The van der Waals surface area contributed by atoms with E-state index in [1.165, 1.54) is 12.3 Å². The molecule has 0 aliphatic carbocycles. The van der Waals surface area contributed by atoms with Crippen LogP contribution in [-0.4, -0.2) is 18.4 Å². The van der Waals surface area contributed by atoms with Crippen LogP contribution in [0.4, 0.5) is 0 Å². The van der Waals surface area contributed by atoms with Crippen LogP contribution in [0.25, 0.3) is 0 Å². The Bertz CT molecular complexity index is 436. The second-order valence-corrected chi connectivity index (χ2v) is 3.02. The molecule has 0 spiro atoms. The largest absolute Gasteiger partial charge is 0.331 e. The first-order valence-corrected chi connectivity index (χ1v) is 4.39. The van der Waals surface area contributed by atoms with E-state index in [9.17, 15) is 8.42 Å². The van der Waals surface area contributed by atoms with Gasteiger partial charge < -0.3 is 4.98 Å². The lowest BCUT2D eigenvalue weighted by Gasteiger charge is -1.92. The number of nitrogens with one attached hydrogen (secondary N) is 1. The molecule has 0 aromatic carbocycles. The predicted molar refractivity (Wildman–Crippen MR) is 44.7 cm³/mol. The van der Waals surface area contributed by atoms with Crippen molar-refractivity contribution in [2.24, 2.45) is 0 Å². The van der Waals surface area contributed by atoms with Gasteiger partial charge in [-0.25, -0.2) is 4.98 Å². The van der Waals surface area contributed by atoms with Crippen molar-refractivity contribution in [1.82, 2.24) is 9.97 Å². The van der Waals surface area contributed by atoms with Crippen molar-refractivity contribution in [3.63, 3.8) is 0 Å². The van der Waals surface area contributed by atoms with Gasteiger partial charge in [-0.1, -0.05) is 6.08 Å². The molecular formula is C7H8N2O2S. The van der Waals surface area contributed by atoms with Gasteiger partial charge in [0.1, 0.15) is 5.82 Å². The number of rotatable bonds is 2. The van der Waals surface area contributed by atoms with Crippen LogP contribution in [0, 0.1) is 4.64 Å². The quantitative estimate of drug-likeness (QED) is 0.539. The summed E-state index contributed by atoms with van der Waals surface area (Å²) >= 11 is 0. The molecule has 0 aliphatic rings. The first-order valence-electron chi connectivity index (χ1n) is 3.31.